The second-order valence-electron chi connectivity index (χ2n) is 3.89. The average Bonchev–Trinajstić information content (AvgIpc) is 2.28. The first-order valence-electron chi connectivity index (χ1n) is 5.71. The van der Waals surface area contributed by atoms with Crippen LogP contribution in [-0.2, 0) is 9.59 Å². The van der Waals surface area contributed by atoms with Crippen molar-refractivity contribution in [2.45, 2.75) is 45.6 Å². The highest BCUT2D eigenvalue weighted by atomic mass is 16.4. The van der Waals surface area contributed by atoms with Crippen LogP contribution in [0.2, 0.25) is 0 Å². The first-order chi connectivity index (χ1) is 7.41. The van der Waals surface area contributed by atoms with Crippen LogP contribution in [0, 0.1) is 0 Å². The maximum absolute atomic E-state index is 12.1. The third-order valence-corrected chi connectivity index (χ3v) is 2.95. The van der Waals surface area contributed by atoms with Crippen molar-refractivity contribution in [2.75, 3.05) is 13.1 Å². The molecule has 0 saturated heterocycles. The van der Waals surface area contributed by atoms with Gasteiger partial charge >= 0.3 is 5.97 Å². The van der Waals surface area contributed by atoms with E-state index < -0.39 is 11.5 Å². The van der Waals surface area contributed by atoms with E-state index in [0.29, 0.717) is 19.4 Å². The number of carbonyl (C=O) groups is 2. The number of amides is 1. The van der Waals surface area contributed by atoms with Crippen molar-refractivity contribution < 1.29 is 14.7 Å². The molecule has 0 aliphatic rings. The van der Waals surface area contributed by atoms with Gasteiger partial charge in [0.15, 0.2) is 0 Å². The molecule has 16 heavy (non-hydrogen) atoms. The lowest BCUT2D eigenvalue weighted by atomic mass is 9.92. The number of nitrogens with zero attached hydrogens (tertiary/aromatic N) is 1. The summed E-state index contributed by atoms with van der Waals surface area (Å²) in [4.78, 5) is 24.1. The Morgan fingerprint density at radius 1 is 1.25 bits per heavy atom. The fraction of sp³-hybridized carbons (Fsp3) is 0.818. The van der Waals surface area contributed by atoms with Crippen LogP contribution in [0.4, 0.5) is 0 Å². The Labute approximate surface area is 96.6 Å². The van der Waals surface area contributed by atoms with Crippen LogP contribution in [0.5, 0.6) is 0 Å². The number of hydrogen-bond acceptors (Lipinski definition) is 3. The minimum atomic E-state index is -0.901. The Kier molecular flexibility index (Phi) is 6.03. The zero-order chi connectivity index (χ0) is 12.8. The first-order valence-corrected chi connectivity index (χ1v) is 5.71. The van der Waals surface area contributed by atoms with Crippen molar-refractivity contribution in [1.82, 2.24) is 4.90 Å². The molecule has 0 rings (SSSR count). The van der Waals surface area contributed by atoms with Gasteiger partial charge in [-0.3, -0.25) is 9.59 Å². The zero-order valence-corrected chi connectivity index (χ0v) is 10.3. The summed E-state index contributed by atoms with van der Waals surface area (Å²) in [5.41, 5.74) is 5.13. The molecule has 0 aromatic rings. The molecule has 0 unspecified atom stereocenters. The highest BCUT2D eigenvalue weighted by molar-refractivity contribution is 5.86. The second kappa shape index (κ2) is 6.48. The number of hydrogen-bond donors (Lipinski definition) is 2. The predicted octanol–water partition coefficient (Wildman–Crippen LogP) is 0.827. The van der Waals surface area contributed by atoms with Gasteiger partial charge in [-0.05, 0) is 19.8 Å². The van der Waals surface area contributed by atoms with Crippen LogP contribution in [0.25, 0.3) is 0 Å². The highest BCUT2D eigenvalue weighted by Crippen LogP contribution is 2.15. The normalized spacial score (nSPS) is 11.2. The second-order valence-corrected chi connectivity index (χ2v) is 3.89. The lowest BCUT2D eigenvalue weighted by molar-refractivity contribution is -0.140. The largest absolute Gasteiger partial charge is 0.481 e. The number of rotatable bonds is 7. The van der Waals surface area contributed by atoms with Crippen molar-refractivity contribution in [1.29, 1.82) is 0 Å². The molecule has 0 spiro atoms. The van der Waals surface area contributed by atoms with Crippen LogP contribution < -0.4 is 5.73 Å². The fourth-order valence-electron chi connectivity index (χ4n) is 1.50. The van der Waals surface area contributed by atoms with Crippen molar-refractivity contribution in [2.24, 2.45) is 5.73 Å². The Morgan fingerprint density at radius 3 is 2.06 bits per heavy atom. The molecule has 0 fully saturated rings. The molecule has 1 amide bonds. The average molecular weight is 230 g/mol. The molecule has 0 heterocycles. The third kappa shape index (κ3) is 3.81. The smallest absolute Gasteiger partial charge is 0.305 e. The Bertz CT molecular complexity index is 250. The van der Waals surface area contributed by atoms with Crippen molar-refractivity contribution in [3.8, 4) is 0 Å². The molecular weight excluding hydrogens is 208 g/mol. The van der Waals surface area contributed by atoms with E-state index in [2.05, 4.69) is 0 Å². The standard InChI is InChI=1S/C11H22N2O3/c1-4-11(12,5-2)10(16)13(6-3)8-7-9(14)15/h4-8,12H2,1-3H3,(H,14,15). The van der Waals surface area contributed by atoms with Crippen LogP contribution in [0.3, 0.4) is 0 Å². The Morgan fingerprint density at radius 2 is 1.75 bits per heavy atom. The van der Waals surface area contributed by atoms with Gasteiger partial charge in [-0.1, -0.05) is 13.8 Å². The highest BCUT2D eigenvalue weighted by Gasteiger charge is 2.33. The van der Waals surface area contributed by atoms with Gasteiger partial charge in [-0.25, -0.2) is 0 Å². The molecule has 5 heteroatoms. The molecule has 5 nitrogen and oxygen atoms in total. The minimum Gasteiger partial charge on any atom is -0.481 e. The van der Waals surface area contributed by atoms with E-state index >= 15 is 0 Å². The SMILES string of the molecule is CCN(CCC(=O)O)C(=O)C(N)(CC)CC. The van der Waals surface area contributed by atoms with Gasteiger partial charge in [0.05, 0.1) is 12.0 Å². The van der Waals surface area contributed by atoms with E-state index in [9.17, 15) is 9.59 Å². The molecule has 0 atom stereocenters. The topological polar surface area (TPSA) is 83.6 Å². The molecule has 0 saturated carbocycles. The number of carboxylic acids is 1. The van der Waals surface area contributed by atoms with E-state index in [0.717, 1.165) is 0 Å². The number of carbonyl (C=O) groups excluding carboxylic acids is 1. The molecule has 0 aliphatic heterocycles. The zero-order valence-electron chi connectivity index (χ0n) is 10.3. The van der Waals surface area contributed by atoms with Gasteiger partial charge in [-0.15, -0.1) is 0 Å². The van der Waals surface area contributed by atoms with Crippen molar-refractivity contribution in [3.63, 3.8) is 0 Å². The van der Waals surface area contributed by atoms with Crippen LogP contribution in [0.1, 0.15) is 40.0 Å². The van der Waals surface area contributed by atoms with Crippen LogP contribution >= 0.6 is 0 Å². The van der Waals surface area contributed by atoms with E-state index in [1.54, 1.807) is 0 Å². The first kappa shape index (κ1) is 14.9. The molecule has 0 bridgehead atoms. The Balaban J connectivity index is 4.57. The van der Waals surface area contributed by atoms with E-state index in [4.69, 9.17) is 10.8 Å². The summed E-state index contributed by atoms with van der Waals surface area (Å²) in [7, 11) is 0. The molecule has 0 aliphatic carbocycles. The molecule has 0 radical (unpaired) electrons. The van der Waals surface area contributed by atoms with Gasteiger partial charge in [0, 0.05) is 13.1 Å². The summed E-state index contributed by atoms with van der Waals surface area (Å²) < 4.78 is 0. The lowest BCUT2D eigenvalue weighted by Gasteiger charge is -2.32. The van der Waals surface area contributed by atoms with Crippen molar-refractivity contribution in [3.05, 3.63) is 0 Å². The van der Waals surface area contributed by atoms with E-state index in [-0.39, 0.29) is 18.9 Å². The lowest BCUT2D eigenvalue weighted by Crippen LogP contribution is -2.54. The summed E-state index contributed by atoms with van der Waals surface area (Å²) >= 11 is 0. The van der Waals surface area contributed by atoms with Crippen molar-refractivity contribution >= 4 is 11.9 Å². The van der Waals surface area contributed by atoms with Gasteiger partial charge in [-0.2, -0.15) is 0 Å². The quantitative estimate of drug-likeness (QED) is 0.678. The van der Waals surface area contributed by atoms with Gasteiger partial charge in [0.2, 0.25) is 5.91 Å². The number of likely N-dealkylation sites (N-methyl/N-ethyl adjacent to an activating group) is 1. The molecule has 0 aromatic heterocycles. The number of carboxylic acid groups (broad SMARTS) is 1. The van der Waals surface area contributed by atoms with Crippen LogP contribution in [0.15, 0.2) is 0 Å². The molecule has 0 aromatic carbocycles. The summed E-state index contributed by atoms with van der Waals surface area (Å²) in [6, 6.07) is 0. The summed E-state index contributed by atoms with van der Waals surface area (Å²) in [6.07, 6.45) is 1.08. The van der Waals surface area contributed by atoms with E-state index in [1.807, 2.05) is 20.8 Å². The maximum atomic E-state index is 12.1. The molecule has 3 N–H and O–H groups in total. The third-order valence-electron chi connectivity index (χ3n) is 2.95. The summed E-state index contributed by atoms with van der Waals surface area (Å²) in [6.45, 7) is 6.28. The molecule has 94 valence electrons. The van der Waals surface area contributed by atoms with E-state index in [1.165, 1.54) is 4.90 Å². The monoisotopic (exact) mass is 230 g/mol. The molecular formula is C11H22N2O3. The summed E-state index contributed by atoms with van der Waals surface area (Å²) in [5, 5.41) is 8.59. The van der Waals surface area contributed by atoms with Gasteiger partial charge in [0.25, 0.3) is 0 Å². The Hall–Kier alpha value is -1.10. The maximum Gasteiger partial charge on any atom is 0.305 e. The predicted molar refractivity (Wildman–Crippen MR) is 62.0 cm³/mol. The minimum absolute atomic E-state index is 0.0386. The summed E-state index contributed by atoms with van der Waals surface area (Å²) in [5.74, 6) is -1.05. The van der Waals surface area contributed by atoms with Gasteiger partial charge < -0.3 is 15.7 Å². The van der Waals surface area contributed by atoms with Gasteiger partial charge in [0.1, 0.15) is 0 Å². The fourth-order valence-corrected chi connectivity index (χ4v) is 1.50. The number of nitrogens with two attached hydrogens (primary N) is 1. The van der Waals surface area contributed by atoms with Crippen LogP contribution in [-0.4, -0.2) is 40.5 Å². The number of aliphatic carboxylic acids is 1.